The lowest BCUT2D eigenvalue weighted by molar-refractivity contribution is -0.140. The second-order valence-corrected chi connectivity index (χ2v) is 9.25. The van der Waals surface area contributed by atoms with Gasteiger partial charge in [0.15, 0.2) is 0 Å². The van der Waals surface area contributed by atoms with Gasteiger partial charge in [-0.2, -0.15) is 13.2 Å². The van der Waals surface area contributed by atoms with E-state index in [-0.39, 0.29) is 41.2 Å². The summed E-state index contributed by atoms with van der Waals surface area (Å²) in [6.45, 7) is 0. The molecule has 3 aromatic rings. The number of nitrogens with one attached hydrogen (secondary N) is 2. The Morgan fingerprint density at radius 1 is 0.971 bits per heavy atom. The minimum absolute atomic E-state index is 0.0733. The van der Waals surface area contributed by atoms with Crippen molar-refractivity contribution in [3.05, 3.63) is 71.7 Å². The Hall–Kier alpha value is -3.16. The first kappa shape index (κ1) is 22.6. The minimum atomic E-state index is -4.54. The summed E-state index contributed by atoms with van der Waals surface area (Å²) in [5, 5.41) is 7.01. The van der Waals surface area contributed by atoms with E-state index in [4.69, 9.17) is 0 Å². The van der Waals surface area contributed by atoms with Gasteiger partial charge in [0.1, 0.15) is 11.5 Å². The topological polar surface area (TPSA) is 54.0 Å². The number of hydrogen-bond acceptors (Lipinski definition) is 3. The van der Waals surface area contributed by atoms with Crippen LogP contribution in [0, 0.1) is 11.7 Å². The van der Waals surface area contributed by atoms with Gasteiger partial charge in [-0.1, -0.05) is 36.4 Å². The van der Waals surface area contributed by atoms with Gasteiger partial charge in [-0.15, -0.1) is 0 Å². The molecule has 1 heterocycles. The zero-order chi connectivity index (χ0) is 23.9. The molecule has 2 aliphatic carbocycles. The fourth-order valence-electron chi connectivity index (χ4n) is 5.02. The van der Waals surface area contributed by atoms with Crippen molar-refractivity contribution in [1.29, 1.82) is 0 Å². The van der Waals surface area contributed by atoms with Gasteiger partial charge in [0, 0.05) is 29.1 Å². The molecule has 8 heteroatoms. The zero-order valence-corrected chi connectivity index (χ0v) is 18.4. The summed E-state index contributed by atoms with van der Waals surface area (Å²) in [5.74, 6) is -0.688. The second kappa shape index (κ2) is 8.89. The normalized spacial score (nSPS) is 24.6. The zero-order valence-electron chi connectivity index (χ0n) is 18.4. The van der Waals surface area contributed by atoms with Crippen LogP contribution in [-0.4, -0.2) is 23.0 Å². The number of benzene rings is 2. The van der Waals surface area contributed by atoms with Crippen LogP contribution in [0.2, 0.25) is 0 Å². The summed E-state index contributed by atoms with van der Waals surface area (Å²) in [6, 6.07) is 14.2. The van der Waals surface area contributed by atoms with E-state index in [0.29, 0.717) is 29.5 Å². The van der Waals surface area contributed by atoms with Gasteiger partial charge < -0.3 is 10.6 Å². The lowest BCUT2D eigenvalue weighted by Gasteiger charge is -2.31. The molecular weight excluding hydrogens is 446 g/mol. The minimum Gasteiger partial charge on any atom is -0.382 e. The number of halogens is 4. The SMILES string of the molecule is O=C(N[C@@H]1CCC[C@H](Nc2cc(C(F)(F)F)nc3ccccc23)C1)C1C[C@H]1c1ccccc1F. The molecule has 5 rings (SSSR count). The Morgan fingerprint density at radius 2 is 1.71 bits per heavy atom. The Bertz CT molecular complexity index is 1210. The Kier molecular flexibility index (Phi) is 5.91. The number of anilines is 1. The first-order valence-corrected chi connectivity index (χ1v) is 11.6. The number of hydrogen-bond donors (Lipinski definition) is 2. The van der Waals surface area contributed by atoms with Crippen LogP contribution in [0.1, 0.15) is 49.3 Å². The molecule has 0 aliphatic heterocycles. The van der Waals surface area contributed by atoms with E-state index in [1.54, 1.807) is 42.5 Å². The van der Waals surface area contributed by atoms with E-state index in [2.05, 4.69) is 15.6 Å². The lowest BCUT2D eigenvalue weighted by atomic mass is 9.90. The number of aromatic nitrogens is 1. The van der Waals surface area contributed by atoms with Gasteiger partial charge in [0.05, 0.1) is 5.52 Å². The predicted octanol–water partition coefficient (Wildman–Crippen LogP) is 6.04. The summed E-state index contributed by atoms with van der Waals surface area (Å²) >= 11 is 0. The predicted molar refractivity (Wildman–Crippen MR) is 122 cm³/mol. The summed E-state index contributed by atoms with van der Waals surface area (Å²) in [5.41, 5.74) is 0.336. The van der Waals surface area contributed by atoms with Crippen LogP contribution < -0.4 is 10.6 Å². The quantitative estimate of drug-likeness (QED) is 0.447. The van der Waals surface area contributed by atoms with Gasteiger partial charge in [-0.25, -0.2) is 9.37 Å². The van der Waals surface area contributed by atoms with Gasteiger partial charge in [-0.05, 0) is 61.8 Å². The summed E-state index contributed by atoms with van der Waals surface area (Å²) in [6.07, 6.45) is -0.843. The fourth-order valence-corrected chi connectivity index (χ4v) is 5.02. The monoisotopic (exact) mass is 471 g/mol. The number of para-hydroxylation sites is 1. The molecule has 2 saturated carbocycles. The van der Waals surface area contributed by atoms with Crippen molar-refractivity contribution in [2.45, 2.75) is 56.3 Å². The maximum Gasteiger partial charge on any atom is 0.433 e. The maximum absolute atomic E-state index is 14.0. The largest absolute Gasteiger partial charge is 0.433 e. The molecule has 1 unspecified atom stereocenters. The molecule has 0 bridgehead atoms. The van der Waals surface area contributed by atoms with Crippen LogP contribution in [0.15, 0.2) is 54.6 Å². The average Bonchev–Trinajstić information content (AvgIpc) is 3.60. The first-order valence-electron chi connectivity index (χ1n) is 11.6. The van der Waals surface area contributed by atoms with Gasteiger partial charge in [0.2, 0.25) is 5.91 Å². The molecule has 2 aliphatic rings. The number of pyridine rings is 1. The number of amides is 1. The number of carbonyl (C=O) groups excluding carboxylic acids is 1. The third kappa shape index (κ3) is 4.72. The van der Waals surface area contributed by atoms with Gasteiger partial charge in [-0.3, -0.25) is 4.79 Å². The van der Waals surface area contributed by atoms with E-state index in [0.717, 1.165) is 25.3 Å². The molecule has 1 aromatic heterocycles. The highest BCUT2D eigenvalue weighted by molar-refractivity contribution is 5.91. The van der Waals surface area contributed by atoms with Gasteiger partial charge >= 0.3 is 6.18 Å². The average molecular weight is 471 g/mol. The Morgan fingerprint density at radius 3 is 2.50 bits per heavy atom. The first-order chi connectivity index (χ1) is 16.3. The Balaban J connectivity index is 1.25. The van der Waals surface area contributed by atoms with Crippen molar-refractivity contribution in [3.8, 4) is 0 Å². The summed E-state index contributed by atoms with van der Waals surface area (Å²) in [7, 11) is 0. The highest BCUT2D eigenvalue weighted by Gasteiger charge is 2.45. The molecule has 0 radical (unpaired) electrons. The van der Waals surface area contributed by atoms with Crippen molar-refractivity contribution < 1.29 is 22.4 Å². The summed E-state index contributed by atoms with van der Waals surface area (Å²) < 4.78 is 54.2. The smallest absolute Gasteiger partial charge is 0.382 e. The van der Waals surface area contributed by atoms with E-state index in [1.807, 2.05) is 0 Å². The van der Waals surface area contributed by atoms with Gasteiger partial charge in [0.25, 0.3) is 0 Å². The number of fused-ring (bicyclic) bond motifs is 1. The van der Waals surface area contributed by atoms with E-state index >= 15 is 0 Å². The molecule has 2 N–H and O–H groups in total. The molecule has 2 fully saturated rings. The molecule has 4 atom stereocenters. The molecule has 1 amide bonds. The lowest BCUT2D eigenvalue weighted by Crippen LogP contribution is -2.42. The molecule has 178 valence electrons. The van der Waals surface area contributed by atoms with Crippen LogP contribution in [0.5, 0.6) is 0 Å². The highest BCUT2D eigenvalue weighted by Crippen LogP contribution is 2.48. The summed E-state index contributed by atoms with van der Waals surface area (Å²) in [4.78, 5) is 16.5. The highest BCUT2D eigenvalue weighted by atomic mass is 19.4. The van der Waals surface area contributed by atoms with Crippen molar-refractivity contribution in [2.75, 3.05) is 5.32 Å². The number of carbonyl (C=O) groups is 1. The van der Waals surface area contributed by atoms with Crippen molar-refractivity contribution >= 4 is 22.5 Å². The molecule has 2 aromatic carbocycles. The molecule has 0 spiro atoms. The van der Waals surface area contributed by atoms with Crippen LogP contribution in [0.3, 0.4) is 0 Å². The van der Waals surface area contributed by atoms with E-state index < -0.39 is 11.9 Å². The van der Waals surface area contributed by atoms with Crippen molar-refractivity contribution in [1.82, 2.24) is 10.3 Å². The van der Waals surface area contributed by atoms with Crippen LogP contribution in [-0.2, 0) is 11.0 Å². The maximum atomic E-state index is 14.0. The van der Waals surface area contributed by atoms with Crippen molar-refractivity contribution in [2.24, 2.45) is 5.92 Å². The molecule has 4 nitrogen and oxygen atoms in total. The van der Waals surface area contributed by atoms with Crippen LogP contribution in [0.4, 0.5) is 23.2 Å². The third-order valence-electron chi connectivity index (χ3n) is 6.82. The number of rotatable bonds is 5. The molecular formula is C26H25F4N3O. The van der Waals surface area contributed by atoms with Crippen LogP contribution >= 0.6 is 0 Å². The third-order valence-corrected chi connectivity index (χ3v) is 6.82. The number of nitrogens with zero attached hydrogens (tertiary/aromatic N) is 1. The Labute approximate surface area is 194 Å². The second-order valence-electron chi connectivity index (χ2n) is 9.25. The van der Waals surface area contributed by atoms with Crippen LogP contribution in [0.25, 0.3) is 10.9 Å². The standard InChI is InChI=1S/C26H25F4N3O/c27-21-10-3-1-8-17(21)19-13-20(19)25(34)32-16-7-5-6-15(12-16)31-23-14-24(26(28,29)30)33-22-11-4-2-9-18(22)23/h1-4,8-11,14-16,19-20H,5-7,12-13H2,(H,31,33)(H,32,34)/t15-,16+,19-,20?/m0/s1. The van der Waals surface area contributed by atoms with Crippen molar-refractivity contribution in [3.63, 3.8) is 0 Å². The molecule has 0 saturated heterocycles. The number of alkyl halides is 3. The fraction of sp³-hybridized carbons (Fsp3) is 0.385. The van der Waals surface area contributed by atoms with E-state index in [1.165, 1.54) is 6.07 Å². The molecule has 34 heavy (non-hydrogen) atoms. The van der Waals surface area contributed by atoms with E-state index in [9.17, 15) is 22.4 Å².